The van der Waals surface area contributed by atoms with Gasteiger partial charge in [-0.1, -0.05) is 18.2 Å². The summed E-state index contributed by atoms with van der Waals surface area (Å²) in [7, 11) is 0. The monoisotopic (exact) mass is 222 g/mol. The molecule has 0 aliphatic carbocycles. The van der Waals surface area contributed by atoms with Crippen LogP contribution in [0.4, 0.5) is 4.39 Å². The summed E-state index contributed by atoms with van der Waals surface area (Å²) in [4.78, 5) is 0.915. The van der Waals surface area contributed by atoms with Crippen molar-refractivity contribution in [3.63, 3.8) is 0 Å². The Labute approximate surface area is 91.8 Å². The highest BCUT2D eigenvalue weighted by Crippen LogP contribution is 2.21. The summed E-state index contributed by atoms with van der Waals surface area (Å²) < 4.78 is 13.4. The fourth-order valence-corrected chi connectivity index (χ4v) is 2.27. The Bertz CT molecular complexity index is 450. The number of hydrogen-bond donors (Lipinski definition) is 1. The number of thiophene rings is 1. The van der Waals surface area contributed by atoms with Crippen LogP contribution in [0.15, 0.2) is 35.7 Å². The van der Waals surface area contributed by atoms with Gasteiger partial charge in [0.2, 0.25) is 0 Å². The number of rotatable bonds is 3. The predicted octanol–water partition coefficient (Wildman–Crippen LogP) is 2.97. The van der Waals surface area contributed by atoms with Gasteiger partial charge < -0.3 is 5.11 Å². The third-order valence-corrected chi connectivity index (χ3v) is 3.27. The average molecular weight is 222 g/mol. The quantitative estimate of drug-likeness (QED) is 0.846. The molecule has 15 heavy (non-hydrogen) atoms. The molecule has 1 N–H and O–H groups in total. The summed E-state index contributed by atoms with van der Waals surface area (Å²) >= 11 is 1.50. The van der Waals surface area contributed by atoms with Crippen molar-refractivity contribution < 1.29 is 9.50 Å². The standard InChI is InChI=1S/C12H11FOS/c13-11-4-2-1-3-9(11)7-10-5-6-15-12(10)8-14/h1-6,14H,7-8H2. The molecule has 78 valence electrons. The van der Waals surface area contributed by atoms with Crippen molar-refractivity contribution >= 4 is 11.3 Å². The number of aliphatic hydroxyl groups excluding tert-OH is 1. The second kappa shape index (κ2) is 4.55. The molecule has 0 saturated carbocycles. The molecule has 0 fully saturated rings. The summed E-state index contributed by atoms with van der Waals surface area (Å²) in [5.74, 6) is -0.187. The zero-order valence-electron chi connectivity index (χ0n) is 8.11. The first-order valence-corrected chi connectivity index (χ1v) is 5.58. The van der Waals surface area contributed by atoms with Crippen molar-refractivity contribution in [3.8, 4) is 0 Å². The largest absolute Gasteiger partial charge is 0.391 e. The number of hydrogen-bond acceptors (Lipinski definition) is 2. The highest BCUT2D eigenvalue weighted by atomic mass is 32.1. The zero-order chi connectivity index (χ0) is 10.7. The van der Waals surface area contributed by atoms with E-state index < -0.39 is 0 Å². The van der Waals surface area contributed by atoms with E-state index in [1.807, 2.05) is 17.5 Å². The van der Waals surface area contributed by atoms with Crippen LogP contribution in [0, 0.1) is 5.82 Å². The van der Waals surface area contributed by atoms with E-state index in [9.17, 15) is 4.39 Å². The number of halogens is 1. The average Bonchev–Trinajstić information content (AvgIpc) is 2.69. The van der Waals surface area contributed by atoms with Crippen LogP contribution < -0.4 is 0 Å². The molecule has 1 aromatic carbocycles. The SMILES string of the molecule is OCc1sccc1Cc1ccccc1F. The Morgan fingerprint density at radius 3 is 2.67 bits per heavy atom. The number of benzene rings is 1. The molecule has 3 heteroatoms. The molecule has 0 spiro atoms. The lowest BCUT2D eigenvalue weighted by molar-refractivity contribution is 0.284. The molecule has 1 heterocycles. The lowest BCUT2D eigenvalue weighted by atomic mass is 10.1. The van der Waals surface area contributed by atoms with E-state index in [0.29, 0.717) is 12.0 Å². The Balaban J connectivity index is 2.26. The predicted molar refractivity (Wildman–Crippen MR) is 59.4 cm³/mol. The Morgan fingerprint density at radius 2 is 1.93 bits per heavy atom. The van der Waals surface area contributed by atoms with Crippen molar-refractivity contribution in [3.05, 3.63) is 57.5 Å². The Morgan fingerprint density at radius 1 is 1.13 bits per heavy atom. The summed E-state index contributed by atoms with van der Waals surface area (Å²) in [6, 6.07) is 8.67. The minimum absolute atomic E-state index is 0.0292. The lowest BCUT2D eigenvalue weighted by Gasteiger charge is -2.03. The topological polar surface area (TPSA) is 20.2 Å². The summed E-state index contributed by atoms with van der Waals surface area (Å²) in [6.45, 7) is 0.0292. The smallest absolute Gasteiger partial charge is 0.126 e. The first-order valence-electron chi connectivity index (χ1n) is 4.71. The van der Waals surface area contributed by atoms with E-state index in [1.165, 1.54) is 17.4 Å². The van der Waals surface area contributed by atoms with Crippen LogP contribution in [-0.4, -0.2) is 5.11 Å². The van der Waals surface area contributed by atoms with E-state index in [-0.39, 0.29) is 12.4 Å². The molecule has 1 nitrogen and oxygen atoms in total. The molecule has 0 amide bonds. The molecule has 0 unspecified atom stereocenters. The van der Waals surface area contributed by atoms with Gasteiger partial charge in [-0.05, 0) is 28.6 Å². The van der Waals surface area contributed by atoms with E-state index in [1.54, 1.807) is 12.1 Å². The van der Waals surface area contributed by atoms with Crippen molar-refractivity contribution in [2.24, 2.45) is 0 Å². The highest BCUT2D eigenvalue weighted by molar-refractivity contribution is 7.10. The molecule has 0 aliphatic rings. The summed E-state index contributed by atoms with van der Waals surface area (Å²) in [5.41, 5.74) is 1.68. The maximum Gasteiger partial charge on any atom is 0.126 e. The van der Waals surface area contributed by atoms with Crippen molar-refractivity contribution in [1.29, 1.82) is 0 Å². The fourth-order valence-electron chi connectivity index (χ4n) is 1.51. The van der Waals surface area contributed by atoms with E-state index in [2.05, 4.69) is 0 Å². The molecule has 1 aromatic heterocycles. The van der Waals surface area contributed by atoms with Gasteiger partial charge in [0.15, 0.2) is 0 Å². The number of aliphatic hydroxyl groups is 1. The molecular weight excluding hydrogens is 211 g/mol. The first kappa shape index (κ1) is 10.3. The zero-order valence-corrected chi connectivity index (χ0v) is 8.93. The fraction of sp³-hybridized carbons (Fsp3) is 0.167. The lowest BCUT2D eigenvalue weighted by Crippen LogP contribution is -1.93. The molecule has 2 aromatic rings. The van der Waals surface area contributed by atoms with Gasteiger partial charge in [0.25, 0.3) is 0 Å². The molecule has 0 atom stereocenters. The first-order chi connectivity index (χ1) is 7.31. The van der Waals surface area contributed by atoms with Crippen molar-refractivity contribution in [2.75, 3.05) is 0 Å². The molecule has 2 rings (SSSR count). The molecule has 0 aliphatic heterocycles. The van der Waals surface area contributed by atoms with Crippen LogP contribution in [0.5, 0.6) is 0 Å². The molecule has 0 radical (unpaired) electrons. The van der Waals surface area contributed by atoms with Gasteiger partial charge in [-0.2, -0.15) is 0 Å². The van der Waals surface area contributed by atoms with Crippen LogP contribution in [0.3, 0.4) is 0 Å². The van der Waals surface area contributed by atoms with Crippen LogP contribution in [0.25, 0.3) is 0 Å². The Hall–Kier alpha value is -1.19. The molecule has 0 saturated heterocycles. The molecular formula is C12H11FOS. The third kappa shape index (κ3) is 2.25. The summed E-state index contributed by atoms with van der Waals surface area (Å²) in [5, 5.41) is 11.0. The van der Waals surface area contributed by atoms with Gasteiger partial charge in [0.05, 0.1) is 6.61 Å². The van der Waals surface area contributed by atoms with E-state index in [0.717, 1.165) is 10.4 Å². The Kier molecular flexibility index (Phi) is 3.14. The van der Waals surface area contributed by atoms with Crippen molar-refractivity contribution in [1.82, 2.24) is 0 Å². The maximum atomic E-state index is 13.4. The van der Waals surface area contributed by atoms with Crippen LogP contribution in [-0.2, 0) is 13.0 Å². The van der Waals surface area contributed by atoms with Gasteiger partial charge in [0.1, 0.15) is 5.82 Å². The second-order valence-electron chi connectivity index (χ2n) is 3.30. The van der Waals surface area contributed by atoms with Gasteiger partial charge in [0, 0.05) is 11.3 Å². The van der Waals surface area contributed by atoms with Gasteiger partial charge >= 0.3 is 0 Å². The van der Waals surface area contributed by atoms with Gasteiger partial charge in [-0.25, -0.2) is 4.39 Å². The normalized spacial score (nSPS) is 10.5. The van der Waals surface area contributed by atoms with Crippen LogP contribution >= 0.6 is 11.3 Å². The minimum Gasteiger partial charge on any atom is -0.391 e. The summed E-state index contributed by atoms with van der Waals surface area (Å²) in [6.07, 6.45) is 0.548. The van der Waals surface area contributed by atoms with E-state index >= 15 is 0 Å². The third-order valence-electron chi connectivity index (χ3n) is 2.32. The van der Waals surface area contributed by atoms with Gasteiger partial charge in [-0.15, -0.1) is 11.3 Å². The second-order valence-corrected chi connectivity index (χ2v) is 4.30. The van der Waals surface area contributed by atoms with E-state index in [4.69, 9.17) is 5.11 Å². The maximum absolute atomic E-state index is 13.4. The molecule has 0 bridgehead atoms. The minimum atomic E-state index is -0.187. The van der Waals surface area contributed by atoms with Gasteiger partial charge in [-0.3, -0.25) is 0 Å². The van der Waals surface area contributed by atoms with Crippen LogP contribution in [0.2, 0.25) is 0 Å². The van der Waals surface area contributed by atoms with Crippen molar-refractivity contribution in [2.45, 2.75) is 13.0 Å². The van der Waals surface area contributed by atoms with Crippen LogP contribution in [0.1, 0.15) is 16.0 Å². The highest BCUT2D eigenvalue weighted by Gasteiger charge is 2.06.